The van der Waals surface area contributed by atoms with Crippen molar-refractivity contribution in [3.63, 3.8) is 0 Å². The summed E-state index contributed by atoms with van der Waals surface area (Å²) in [4.78, 5) is 23.5. The summed E-state index contributed by atoms with van der Waals surface area (Å²) in [5, 5.41) is 17.2. The van der Waals surface area contributed by atoms with Gasteiger partial charge in [0.15, 0.2) is 5.78 Å². The molecule has 2 N–H and O–H groups in total. The summed E-state index contributed by atoms with van der Waals surface area (Å²) in [6.45, 7) is 6.56. The van der Waals surface area contributed by atoms with E-state index in [2.05, 4.69) is 43.4 Å². The topological polar surface area (TPSA) is 78.8 Å². The average molecular weight is 459 g/mol. The van der Waals surface area contributed by atoms with Gasteiger partial charge in [0.1, 0.15) is 11.6 Å². The van der Waals surface area contributed by atoms with Crippen molar-refractivity contribution in [1.82, 2.24) is 5.32 Å². The zero-order valence-electron chi connectivity index (χ0n) is 19.4. The number of halogens is 2. The van der Waals surface area contributed by atoms with E-state index < -0.39 is 29.1 Å². The molecule has 0 spiro atoms. The Balaban J connectivity index is 1.76. The molecule has 2 aromatic rings. The summed E-state index contributed by atoms with van der Waals surface area (Å²) in [5.74, 6) is -2.19. The Morgan fingerprint density at radius 1 is 1.15 bits per heavy atom. The zero-order valence-corrected chi connectivity index (χ0v) is 19.4. The van der Waals surface area contributed by atoms with Crippen LogP contribution in [-0.4, -0.2) is 29.6 Å². The summed E-state index contributed by atoms with van der Waals surface area (Å²) in [6, 6.07) is 10.7. The molecule has 5 nitrogen and oxygen atoms in total. The number of aliphatic hydroxyl groups is 1. The van der Waals surface area contributed by atoms with Crippen molar-refractivity contribution in [2.45, 2.75) is 76.0 Å². The van der Waals surface area contributed by atoms with Crippen molar-refractivity contribution in [3.8, 4) is 0 Å². The molecule has 1 atom stereocenters. The lowest BCUT2D eigenvalue weighted by Gasteiger charge is -2.41. The highest BCUT2D eigenvalue weighted by Gasteiger charge is 2.38. The van der Waals surface area contributed by atoms with E-state index in [1.54, 1.807) is 0 Å². The van der Waals surface area contributed by atoms with Crippen LogP contribution in [0.25, 0.3) is 0 Å². The van der Waals surface area contributed by atoms with Gasteiger partial charge in [-0.05, 0) is 54.4 Å². The fourth-order valence-corrected chi connectivity index (χ4v) is 4.48. The van der Waals surface area contributed by atoms with Gasteiger partial charge in [-0.3, -0.25) is 4.79 Å². The molecule has 1 aliphatic carbocycles. The van der Waals surface area contributed by atoms with Crippen LogP contribution < -0.4 is 5.32 Å². The Hall–Kier alpha value is -2.51. The van der Waals surface area contributed by atoms with Gasteiger partial charge >= 0.3 is 0 Å². The lowest BCUT2D eigenvalue weighted by Crippen LogP contribution is -2.49. The minimum absolute atomic E-state index is 0.0368. The quantitative estimate of drug-likeness (QED) is 0.411. The highest BCUT2D eigenvalue weighted by Crippen LogP contribution is 2.39. The van der Waals surface area contributed by atoms with E-state index in [-0.39, 0.29) is 30.0 Å². The van der Waals surface area contributed by atoms with Crippen molar-refractivity contribution < 1.29 is 18.7 Å². The molecule has 2 aromatic carbocycles. The summed E-state index contributed by atoms with van der Waals surface area (Å²) in [5.41, 5.74) is 1.66. The molecule has 178 valence electrons. The van der Waals surface area contributed by atoms with Crippen LogP contribution in [0.1, 0.15) is 74.4 Å². The fraction of sp³-hybridized carbons (Fsp3) is 0.500. The number of hydrogen-bond acceptors (Lipinski definition) is 5. The zero-order chi connectivity index (χ0) is 24.2. The Bertz CT molecular complexity index is 975. The molecular formula is C26H32F2N2O3. The third kappa shape index (κ3) is 6.30. The van der Waals surface area contributed by atoms with Crippen LogP contribution in [0.2, 0.25) is 0 Å². The van der Waals surface area contributed by atoms with E-state index in [1.807, 2.05) is 12.1 Å². The van der Waals surface area contributed by atoms with Crippen molar-refractivity contribution in [2.75, 3.05) is 6.54 Å². The number of rotatable bonds is 8. The average Bonchev–Trinajstić information content (AvgIpc) is 2.77. The van der Waals surface area contributed by atoms with E-state index in [0.29, 0.717) is 31.7 Å². The molecule has 0 aliphatic heterocycles. The number of benzene rings is 2. The van der Waals surface area contributed by atoms with Gasteiger partial charge in [-0.2, -0.15) is 4.91 Å². The predicted octanol–water partition coefficient (Wildman–Crippen LogP) is 5.39. The first kappa shape index (κ1) is 25.1. The number of Topliss-reactive ketones (excluding diaryl/α,β-unsaturated/α-hetero) is 1. The maximum absolute atomic E-state index is 13.4. The molecule has 7 heteroatoms. The molecule has 1 fully saturated rings. The molecule has 33 heavy (non-hydrogen) atoms. The first-order valence-electron chi connectivity index (χ1n) is 11.4. The Kier molecular flexibility index (Phi) is 7.75. The number of nitrogens with zero attached hydrogens (tertiary/aromatic N) is 1. The van der Waals surface area contributed by atoms with E-state index in [1.165, 1.54) is 5.56 Å². The number of nitrogens with one attached hydrogen (secondary N) is 1. The van der Waals surface area contributed by atoms with E-state index >= 15 is 0 Å². The lowest BCUT2D eigenvalue weighted by molar-refractivity contribution is 0.0845. The third-order valence-corrected chi connectivity index (χ3v) is 6.52. The van der Waals surface area contributed by atoms with Crippen LogP contribution in [0.5, 0.6) is 0 Å². The fourth-order valence-electron chi connectivity index (χ4n) is 4.48. The van der Waals surface area contributed by atoms with Crippen molar-refractivity contribution in [3.05, 3.63) is 75.7 Å². The normalized spacial score (nSPS) is 22.1. The summed E-state index contributed by atoms with van der Waals surface area (Å²) < 4.78 is 26.9. The maximum atomic E-state index is 13.4. The molecule has 0 bridgehead atoms. The first-order chi connectivity index (χ1) is 15.5. The minimum Gasteiger partial charge on any atom is -0.391 e. The van der Waals surface area contributed by atoms with Crippen molar-refractivity contribution in [2.24, 2.45) is 5.18 Å². The molecule has 1 saturated carbocycles. The maximum Gasteiger partial charge on any atom is 0.165 e. The van der Waals surface area contributed by atoms with Crippen molar-refractivity contribution in [1.29, 1.82) is 0 Å². The van der Waals surface area contributed by atoms with Crippen LogP contribution >= 0.6 is 0 Å². The highest BCUT2D eigenvalue weighted by atomic mass is 19.1. The highest BCUT2D eigenvalue weighted by molar-refractivity contribution is 5.96. The number of nitroso groups, excluding NO2 is 1. The molecule has 1 aliphatic rings. The predicted molar refractivity (Wildman–Crippen MR) is 124 cm³/mol. The Morgan fingerprint density at radius 2 is 1.79 bits per heavy atom. The first-order valence-corrected chi connectivity index (χ1v) is 11.4. The molecule has 1 unspecified atom stereocenters. The van der Waals surface area contributed by atoms with Gasteiger partial charge in [-0.1, -0.05) is 50.2 Å². The number of aliphatic hydroxyl groups excluding tert-OH is 1. The van der Waals surface area contributed by atoms with Gasteiger partial charge in [-0.25, -0.2) is 8.78 Å². The second kappa shape index (κ2) is 10.2. The molecule has 0 heterocycles. The molecular weight excluding hydrogens is 426 g/mol. The monoisotopic (exact) mass is 458 g/mol. The van der Waals surface area contributed by atoms with Gasteiger partial charge in [-0.15, -0.1) is 0 Å². The van der Waals surface area contributed by atoms with Gasteiger partial charge in [0.05, 0.1) is 12.1 Å². The molecule has 0 amide bonds. The van der Waals surface area contributed by atoms with Crippen molar-refractivity contribution >= 4 is 5.78 Å². The second-order valence-corrected chi connectivity index (χ2v) is 10.1. The van der Waals surface area contributed by atoms with E-state index in [4.69, 9.17) is 0 Å². The summed E-state index contributed by atoms with van der Waals surface area (Å²) in [7, 11) is 0. The van der Waals surface area contributed by atoms with E-state index in [0.717, 1.165) is 17.7 Å². The summed E-state index contributed by atoms with van der Waals surface area (Å²) in [6.07, 6.45) is 1.32. The van der Waals surface area contributed by atoms with Crippen LogP contribution in [0, 0.1) is 16.5 Å². The van der Waals surface area contributed by atoms with Gasteiger partial charge in [0.2, 0.25) is 0 Å². The second-order valence-electron chi connectivity index (χ2n) is 10.1. The third-order valence-electron chi connectivity index (χ3n) is 6.52. The van der Waals surface area contributed by atoms with E-state index in [9.17, 15) is 23.6 Å². The van der Waals surface area contributed by atoms with Gasteiger partial charge in [0, 0.05) is 30.1 Å². The largest absolute Gasteiger partial charge is 0.391 e. The van der Waals surface area contributed by atoms with Crippen LogP contribution in [0.3, 0.4) is 0 Å². The molecule has 3 rings (SSSR count). The lowest BCUT2D eigenvalue weighted by atomic mass is 9.73. The number of carbonyl (C=O) groups is 1. The molecule has 0 radical (unpaired) electrons. The number of carbonyl (C=O) groups excluding carboxylic acids is 1. The standard InChI is InChI=1S/C26H32F2N2O3/c1-25(2,3)18-5-4-6-19(13-18)26(9-7-22(30-33)8-10-26)29-16-23(31)15-24(32)17-11-20(27)14-21(28)12-17/h4-6,11-14,22-23,29,31H,7-10,15-16H2,1-3H3. The number of ketones is 1. The van der Waals surface area contributed by atoms with Crippen LogP contribution in [0.4, 0.5) is 8.78 Å². The summed E-state index contributed by atoms with van der Waals surface area (Å²) >= 11 is 0. The smallest absolute Gasteiger partial charge is 0.165 e. The Labute approximate surface area is 193 Å². The Morgan fingerprint density at radius 3 is 2.36 bits per heavy atom. The van der Waals surface area contributed by atoms with Gasteiger partial charge in [0.25, 0.3) is 0 Å². The van der Waals surface area contributed by atoms with Crippen LogP contribution in [-0.2, 0) is 11.0 Å². The molecule has 0 aromatic heterocycles. The van der Waals surface area contributed by atoms with Crippen LogP contribution in [0.15, 0.2) is 47.6 Å². The number of hydrogen-bond donors (Lipinski definition) is 2. The van der Waals surface area contributed by atoms with Gasteiger partial charge < -0.3 is 10.4 Å². The minimum atomic E-state index is -1.03. The molecule has 0 saturated heterocycles. The SMILES string of the molecule is CC(C)(C)c1cccc(C2(NCC(O)CC(=O)c3cc(F)cc(F)c3)CCC(N=O)CC2)c1.